The fourth-order valence-corrected chi connectivity index (χ4v) is 3.16. The predicted molar refractivity (Wildman–Crippen MR) is 77.4 cm³/mol. The van der Waals surface area contributed by atoms with Crippen molar-refractivity contribution in [3.8, 4) is 0 Å². The molecule has 21 heavy (non-hydrogen) atoms. The summed E-state index contributed by atoms with van der Waals surface area (Å²) < 4.78 is 37.6. The highest BCUT2D eigenvalue weighted by atomic mass is 35.5. The number of alkyl halides is 3. The van der Waals surface area contributed by atoms with Crippen LogP contribution in [0.3, 0.4) is 0 Å². The molecule has 1 saturated heterocycles. The number of nitrogens with one attached hydrogen (secondary N) is 2. The van der Waals surface area contributed by atoms with Crippen molar-refractivity contribution in [1.82, 2.24) is 10.6 Å². The number of rotatable bonds is 4. The third kappa shape index (κ3) is 6.02. The van der Waals surface area contributed by atoms with Gasteiger partial charge in [0.1, 0.15) is 0 Å². The molecule has 0 bridgehead atoms. The minimum atomic E-state index is -4.08. The normalized spacial score (nSPS) is 29.8. The van der Waals surface area contributed by atoms with Crippen LogP contribution in [0.4, 0.5) is 13.2 Å². The molecule has 124 valence electrons. The largest absolute Gasteiger partial charge is 0.391 e. The van der Waals surface area contributed by atoms with Gasteiger partial charge in [-0.3, -0.25) is 4.79 Å². The topological polar surface area (TPSA) is 41.1 Å². The van der Waals surface area contributed by atoms with Gasteiger partial charge < -0.3 is 10.6 Å². The molecule has 2 rings (SSSR count). The summed E-state index contributed by atoms with van der Waals surface area (Å²) in [4.78, 5) is 11.8. The first-order chi connectivity index (χ1) is 9.45. The second-order valence-corrected chi connectivity index (χ2v) is 6.06. The van der Waals surface area contributed by atoms with E-state index in [4.69, 9.17) is 0 Å². The fraction of sp³-hybridized carbons (Fsp3) is 0.929. The van der Waals surface area contributed by atoms with Crippen LogP contribution in [0.2, 0.25) is 0 Å². The summed E-state index contributed by atoms with van der Waals surface area (Å²) >= 11 is 0. The third-order valence-electron chi connectivity index (χ3n) is 4.50. The molecule has 1 aliphatic heterocycles. The van der Waals surface area contributed by atoms with Gasteiger partial charge in [0, 0.05) is 12.5 Å². The Morgan fingerprint density at radius 3 is 2.33 bits per heavy atom. The molecular weight excluding hydrogens is 305 g/mol. The van der Waals surface area contributed by atoms with Gasteiger partial charge in [0.25, 0.3) is 0 Å². The monoisotopic (exact) mass is 328 g/mol. The van der Waals surface area contributed by atoms with Crippen LogP contribution in [0.5, 0.6) is 0 Å². The Bertz CT molecular complexity index is 325. The van der Waals surface area contributed by atoms with Crippen molar-refractivity contribution in [3.05, 3.63) is 0 Å². The molecule has 1 atom stereocenters. The first-order valence-corrected chi connectivity index (χ1v) is 7.52. The van der Waals surface area contributed by atoms with Gasteiger partial charge in [0.2, 0.25) is 5.91 Å². The average molecular weight is 329 g/mol. The first-order valence-electron chi connectivity index (χ1n) is 7.52. The van der Waals surface area contributed by atoms with Crippen molar-refractivity contribution in [1.29, 1.82) is 0 Å². The molecule has 2 fully saturated rings. The zero-order valence-corrected chi connectivity index (χ0v) is 12.9. The number of hydrogen-bond acceptors (Lipinski definition) is 2. The minimum Gasteiger partial charge on any atom is -0.353 e. The number of amides is 1. The zero-order chi connectivity index (χ0) is 14.6. The summed E-state index contributed by atoms with van der Waals surface area (Å²) in [6.07, 6.45) is -0.430. The molecule has 1 saturated carbocycles. The van der Waals surface area contributed by atoms with E-state index < -0.39 is 12.1 Å². The summed E-state index contributed by atoms with van der Waals surface area (Å²) in [5.74, 6) is -0.616. The van der Waals surface area contributed by atoms with E-state index in [1.807, 2.05) is 0 Å². The third-order valence-corrected chi connectivity index (χ3v) is 4.50. The van der Waals surface area contributed by atoms with E-state index in [9.17, 15) is 18.0 Å². The molecule has 0 aromatic heterocycles. The molecule has 0 radical (unpaired) electrons. The van der Waals surface area contributed by atoms with Crippen molar-refractivity contribution in [2.75, 3.05) is 13.1 Å². The molecule has 0 aromatic carbocycles. The predicted octanol–water partition coefficient (Wildman–Crippen LogP) is 3.04. The molecule has 2 aliphatic rings. The number of carbonyl (C=O) groups is 1. The molecular formula is C14H24ClF3N2O. The summed E-state index contributed by atoms with van der Waals surface area (Å²) in [5.41, 5.74) is 0. The molecule has 1 unspecified atom stereocenters. The average Bonchev–Trinajstić information content (AvgIpc) is 2.89. The van der Waals surface area contributed by atoms with Gasteiger partial charge in [0.05, 0.1) is 5.92 Å². The quantitative estimate of drug-likeness (QED) is 0.833. The molecule has 2 N–H and O–H groups in total. The molecule has 7 heteroatoms. The smallest absolute Gasteiger partial charge is 0.353 e. The Labute approximate surface area is 129 Å². The van der Waals surface area contributed by atoms with Gasteiger partial charge in [0.15, 0.2) is 0 Å². The Morgan fingerprint density at radius 2 is 1.81 bits per heavy atom. The van der Waals surface area contributed by atoms with Crippen molar-refractivity contribution < 1.29 is 18.0 Å². The van der Waals surface area contributed by atoms with Gasteiger partial charge in [-0.25, -0.2) is 0 Å². The lowest BCUT2D eigenvalue weighted by Crippen LogP contribution is -2.40. The fourth-order valence-electron chi connectivity index (χ4n) is 3.16. The first kappa shape index (κ1) is 18.6. The van der Waals surface area contributed by atoms with Crippen molar-refractivity contribution in [3.63, 3.8) is 0 Å². The molecule has 0 spiro atoms. The van der Waals surface area contributed by atoms with Gasteiger partial charge >= 0.3 is 6.18 Å². The van der Waals surface area contributed by atoms with Crippen LogP contribution in [-0.4, -0.2) is 31.2 Å². The maximum Gasteiger partial charge on any atom is 0.391 e. The number of halogens is 4. The number of hydrogen-bond donors (Lipinski definition) is 2. The summed E-state index contributed by atoms with van der Waals surface area (Å²) in [7, 11) is 0. The van der Waals surface area contributed by atoms with E-state index in [2.05, 4.69) is 10.6 Å². The number of carbonyl (C=O) groups excluding carboxylic acids is 1. The lowest BCUT2D eigenvalue weighted by Gasteiger charge is -2.30. The lowest BCUT2D eigenvalue weighted by atomic mass is 9.85. The maximum absolute atomic E-state index is 12.5. The SMILES string of the molecule is Cl.O=C(CCC1CCNC1)NC1CCC(C(F)(F)F)CC1. The van der Waals surface area contributed by atoms with Crippen LogP contribution in [0.1, 0.15) is 44.9 Å². The van der Waals surface area contributed by atoms with Crippen molar-refractivity contribution >= 4 is 18.3 Å². The highest BCUT2D eigenvalue weighted by Gasteiger charge is 2.41. The standard InChI is InChI=1S/C14H23F3N2O.ClH/c15-14(16,17)11-2-4-12(5-3-11)19-13(20)6-1-10-7-8-18-9-10;/h10-12,18H,1-9H2,(H,19,20);1H. The Hall–Kier alpha value is -0.490. The van der Waals surface area contributed by atoms with Gasteiger partial charge in [-0.15, -0.1) is 12.4 Å². The van der Waals surface area contributed by atoms with E-state index in [1.165, 1.54) is 0 Å². The van der Waals surface area contributed by atoms with E-state index in [-0.39, 0.29) is 37.2 Å². The highest BCUT2D eigenvalue weighted by Crippen LogP contribution is 2.37. The molecule has 1 aliphatic carbocycles. The van der Waals surface area contributed by atoms with Crippen LogP contribution >= 0.6 is 12.4 Å². The highest BCUT2D eigenvalue weighted by molar-refractivity contribution is 5.85. The Morgan fingerprint density at radius 1 is 1.14 bits per heavy atom. The molecule has 1 heterocycles. The Balaban J connectivity index is 0.00000220. The van der Waals surface area contributed by atoms with E-state index in [1.54, 1.807) is 0 Å². The Kier molecular flexibility index (Phi) is 7.27. The second kappa shape index (κ2) is 8.22. The maximum atomic E-state index is 12.5. The zero-order valence-electron chi connectivity index (χ0n) is 12.0. The van der Waals surface area contributed by atoms with Crippen LogP contribution in [0, 0.1) is 11.8 Å². The van der Waals surface area contributed by atoms with Gasteiger partial charge in [-0.05, 0) is 57.5 Å². The van der Waals surface area contributed by atoms with Crippen LogP contribution in [-0.2, 0) is 4.79 Å². The summed E-state index contributed by atoms with van der Waals surface area (Å²) in [5, 5.41) is 6.15. The molecule has 3 nitrogen and oxygen atoms in total. The van der Waals surface area contributed by atoms with Crippen molar-refractivity contribution in [2.45, 2.75) is 57.2 Å². The summed E-state index contributed by atoms with van der Waals surface area (Å²) in [6, 6.07) is -0.0668. The van der Waals surface area contributed by atoms with Crippen molar-refractivity contribution in [2.24, 2.45) is 11.8 Å². The lowest BCUT2D eigenvalue weighted by molar-refractivity contribution is -0.182. The summed E-state index contributed by atoms with van der Waals surface area (Å²) in [6.45, 7) is 2.00. The second-order valence-electron chi connectivity index (χ2n) is 6.06. The van der Waals surface area contributed by atoms with Crippen LogP contribution in [0.15, 0.2) is 0 Å². The van der Waals surface area contributed by atoms with Gasteiger partial charge in [-0.2, -0.15) is 13.2 Å². The van der Waals surface area contributed by atoms with Crippen LogP contribution < -0.4 is 10.6 Å². The van der Waals surface area contributed by atoms with Gasteiger partial charge in [-0.1, -0.05) is 0 Å². The molecule has 0 aromatic rings. The molecule has 1 amide bonds. The van der Waals surface area contributed by atoms with E-state index >= 15 is 0 Å². The van der Waals surface area contributed by atoms with Crippen LogP contribution in [0.25, 0.3) is 0 Å². The minimum absolute atomic E-state index is 0. The van der Waals surface area contributed by atoms with E-state index in [0.717, 1.165) is 25.9 Å². The van der Waals surface area contributed by atoms with E-state index in [0.29, 0.717) is 25.2 Å².